The monoisotopic (exact) mass is 306 g/mol. The summed E-state index contributed by atoms with van der Waals surface area (Å²) >= 11 is 0. The molecule has 23 heavy (non-hydrogen) atoms. The van der Waals surface area contributed by atoms with Crippen molar-refractivity contribution in [3.63, 3.8) is 0 Å². The number of amides is 1. The molecule has 2 aromatic carbocycles. The molecule has 2 aromatic rings. The Hall–Kier alpha value is -2.42. The van der Waals surface area contributed by atoms with E-state index in [1.807, 2.05) is 48.5 Å². The van der Waals surface area contributed by atoms with Crippen molar-refractivity contribution in [1.82, 2.24) is 5.43 Å². The first-order valence-corrected chi connectivity index (χ1v) is 8.26. The molecule has 0 aromatic heterocycles. The zero-order valence-corrected chi connectivity index (χ0v) is 13.4. The molecule has 3 rings (SSSR count). The van der Waals surface area contributed by atoms with E-state index in [1.165, 1.54) is 5.56 Å². The largest absolute Gasteiger partial charge is 0.273 e. The van der Waals surface area contributed by atoms with Gasteiger partial charge in [0.05, 0.1) is 5.71 Å². The molecule has 0 aliphatic heterocycles. The molecule has 1 aliphatic carbocycles. The predicted molar refractivity (Wildman–Crippen MR) is 93.3 cm³/mol. The van der Waals surface area contributed by atoms with Crippen LogP contribution in [0.1, 0.15) is 43.2 Å². The molecule has 1 aliphatic rings. The Morgan fingerprint density at radius 2 is 1.74 bits per heavy atom. The second kappa shape index (κ2) is 7.23. The zero-order valence-electron chi connectivity index (χ0n) is 13.4. The van der Waals surface area contributed by atoms with Gasteiger partial charge in [-0.1, -0.05) is 74.0 Å². The van der Waals surface area contributed by atoms with Crippen molar-refractivity contribution in [2.75, 3.05) is 0 Å². The van der Waals surface area contributed by atoms with Gasteiger partial charge in [-0.05, 0) is 29.9 Å². The summed E-state index contributed by atoms with van der Waals surface area (Å²) in [6.45, 7) is 2.12. The molecule has 2 unspecified atom stereocenters. The minimum Gasteiger partial charge on any atom is -0.273 e. The lowest BCUT2D eigenvalue weighted by Crippen LogP contribution is -2.22. The summed E-state index contributed by atoms with van der Waals surface area (Å²) < 4.78 is 0. The fourth-order valence-corrected chi connectivity index (χ4v) is 2.89. The zero-order chi connectivity index (χ0) is 16.1. The van der Waals surface area contributed by atoms with E-state index in [0.29, 0.717) is 5.92 Å². The van der Waals surface area contributed by atoms with Crippen LogP contribution in [0.25, 0.3) is 0 Å². The van der Waals surface area contributed by atoms with Crippen LogP contribution in [0.15, 0.2) is 65.8 Å². The maximum atomic E-state index is 12.3. The van der Waals surface area contributed by atoms with E-state index >= 15 is 0 Å². The van der Waals surface area contributed by atoms with Crippen LogP contribution in [0.3, 0.4) is 0 Å². The Morgan fingerprint density at radius 1 is 1.09 bits per heavy atom. The summed E-state index contributed by atoms with van der Waals surface area (Å²) in [4.78, 5) is 12.3. The Labute approximate surface area is 137 Å². The van der Waals surface area contributed by atoms with Gasteiger partial charge in [0.1, 0.15) is 0 Å². The molecular weight excluding hydrogens is 284 g/mol. The number of benzene rings is 2. The van der Waals surface area contributed by atoms with Gasteiger partial charge in [0.25, 0.3) is 0 Å². The van der Waals surface area contributed by atoms with E-state index in [-0.39, 0.29) is 11.8 Å². The summed E-state index contributed by atoms with van der Waals surface area (Å²) in [7, 11) is 0. The van der Waals surface area contributed by atoms with Gasteiger partial charge in [0, 0.05) is 5.92 Å². The van der Waals surface area contributed by atoms with Gasteiger partial charge in [-0.2, -0.15) is 5.10 Å². The minimum absolute atomic E-state index is 0.0309. The molecule has 118 valence electrons. The number of hydrogen-bond donors (Lipinski definition) is 1. The van der Waals surface area contributed by atoms with Gasteiger partial charge in [-0.15, -0.1) is 0 Å². The van der Waals surface area contributed by atoms with Crippen molar-refractivity contribution in [1.29, 1.82) is 0 Å². The van der Waals surface area contributed by atoms with E-state index < -0.39 is 0 Å². The third kappa shape index (κ3) is 3.86. The standard InChI is InChI=1S/C20H22N2O/c1-2-9-19(16-12-7-4-8-13-16)21-22-20(23)18-14-17(18)15-10-5-3-6-11-15/h3-8,10-13,17-18H,2,9,14H2,1H3,(H,22,23). The molecule has 0 heterocycles. The lowest BCUT2D eigenvalue weighted by molar-refractivity contribution is -0.122. The number of carbonyl (C=O) groups excluding carboxylic acids is 1. The quantitative estimate of drug-likeness (QED) is 0.633. The highest BCUT2D eigenvalue weighted by molar-refractivity contribution is 6.01. The van der Waals surface area contributed by atoms with Crippen LogP contribution in [0, 0.1) is 5.92 Å². The Kier molecular flexibility index (Phi) is 4.86. The predicted octanol–water partition coefficient (Wildman–Crippen LogP) is 4.11. The van der Waals surface area contributed by atoms with Crippen molar-refractivity contribution in [2.45, 2.75) is 32.1 Å². The third-order valence-corrected chi connectivity index (χ3v) is 4.25. The minimum atomic E-state index is 0.0309. The molecule has 0 radical (unpaired) electrons. The molecule has 1 fully saturated rings. The Bertz CT molecular complexity index is 679. The number of hydrazone groups is 1. The van der Waals surface area contributed by atoms with Crippen LogP contribution in [0.4, 0.5) is 0 Å². The SMILES string of the molecule is CCCC(=NNC(=O)C1CC1c1ccccc1)c1ccccc1. The van der Waals surface area contributed by atoms with E-state index in [4.69, 9.17) is 0 Å². The highest BCUT2D eigenvalue weighted by Crippen LogP contribution is 2.47. The summed E-state index contributed by atoms with van der Waals surface area (Å²) in [5, 5.41) is 4.39. The van der Waals surface area contributed by atoms with Gasteiger partial charge in [0.2, 0.25) is 5.91 Å². The first-order valence-electron chi connectivity index (χ1n) is 8.26. The molecule has 1 N–H and O–H groups in total. The van der Waals surface area contributed by atoms with Crippen LogP contribution in [0.5, 0.6) is 0 Å². The number of rotatable bonds is 6. The Morgan fingerprint density at radius 3 is 2.39 bits per heavy atom. The fourth-order valence-electron chi connectivity index (χ4n) is 2.89. The number of carbonyl (C=O) groups is 1. The number of nitrogens with one attached hydrogen (secondary N) is 1. The summed E-state index contributed by atoms with van der Waals surface area (Å²) in [5.41, 5.74) is 6.04. The highest BCUT2D eigenvalue weighted by atomic mass is 16.2. The topological polar surface area (TPSA) is 41.5 Å². The fraction of sp³-hybridized carbons (Fsp3) is 0.300. The van der Waals surface area contributed by atoms with Crippen molar-refractivity contribution < 1.29 is 4.79 Å². The van der Waals surface area contributed by atoms with Gasteiger partial charge < -0.3 is 0 Å². The number of nitrogens with zero attached hydrogens (tertiary/aromatic N) is 1. The average molecular weight is 306 g/mol. The second-order valence-corrected chi connectivity index (χ2v) is 6.01. The van der Waals surface area contributed by atoms with Crippen molar-refractivity contribution in [2.24, 2.45) is 11.0 Å². The highest BCUT2D eigenvalue weighted by Gasteiger charge is 2.43. The molecular formula is C20H22N2O. The van der Waals surface area contributed by atoms with E-state index in [2.05, 4.69) is 29.6 Å². The second-order valence-electron chi connectivity index (χ2n) is 6.01. The van der Waals surface area contributed by atoms with Crippen LogP contribution >= 0.6 is 0 Å². The van der Waals surface area contributed by atoms with Gasteiger partial charge >= 0.3 is 0 Å². The lowest BCUT2D eigenvalue weighted by Gasteiger charge is -2.06. The molecule has 2 atom stereocenters. The van der Waals surface area contributed by atoms with Gasteiger partial charge in [0.15, 0.2) is 0 Å². The lowest BCUT2D eigenvalue weighted by atomic mass is 10.1. The first kappa shape index (κ1) is 15.5. The normalized spacial score (nSPS) is 20.1. The van der Waals surface area contributed by atoms with E-state index in [0.717, 1.165) is 30.5 Å². The Balaban J connectivity index is 1.63. The maximum Gasteiger partial charge on any atom is 0.243 e. The maximum absolute atomic E-state index is 12.3. The molecule has 1 amide bonds. The molecule has 0 bridgehead atoms. The van der Waals surface area contributed by atoms with Crippen molar-refractivity contribution in [3.05, 3.63) is 71.8 Å². The van der Waals surface area contributed by atoms with E-state index in [9.17, 15) is 4.79 Å². The molecule has 0 saturated heterocycles. The molecule has 1 saturated carbocycles. The number of hydrogen-bond acceptors (Lipinski definition) is 2. The van der Waals surface area contributed by atoms with Gasteiger partial charge in [-0.3, -0.25) is 4.79 Å². The first-order chi connectivity index (χ1) is 11.3. The molecule has 3 heteroatoms. The van der Waals surface area contributed by atoms with Crippen LogP contribution in [-0.2, 0) is 4.79 Å². The van der Waals surface area contributed by atoms with Crippen LogP contribution in [-0.4, -0.2) is 11.6 Å². The van der Waals surface area contributed by atoms with Crippen molar-refractivity contribution >= 4 is 11.6 Å². The molecule has 3 nitrogen and oxygen atoms in total. The van der Waals surface area contributed by atoms with Crippen LogP contribution < -0.4 is 5.43 Å². The van der Waals surface area contributed by atoms with Gasteiger partial charge in [-0.25, -0.2) is 5.43 Å². The summed E-state index contributed by atoms with van der Waals surface area (Å²) in [6, 6.07) is 20.3. The summed E-state index contributed by atoms with van der Waals surface area (Å²) in [6.07, 6.45) is 2.77. The third-order valence-electron chi connectivity index (χ3n) is 4.25. The van der Waals surface area contributed by atoms with E-state index in [1.54, 1.807) is 0 Å². The molecule has 0 spiro atoms. The summed E-state index contributed by atoms with van der Waals surface area (Å²) in [5.74, 6) is 0.431. The average Bonchev–Trinajstić information content (AvgIpc) is 3.41. The van der Waals surface area contributed by atoms with Crippen LogP contribution in [0.2, 0.25) is 0 Å². The smallest absolute Gasteiger partial charge is 0.243 e. The van der Waals surface area contributed by atoms with Crippen molar-refractivity contribution in [3.8, 4) is 0 Å².